The van der Waals surface area contributed by atoms with Gasteiger partial charge in [-0.3, -0.25) is 0 Å². The van der Waals surface area contributed by atoms with E-state index < -0.39 is 35.0 Å². The van der Waals surface area contributed by atoms with Crippen LogP contribution < -0.4 is 4.74 Å². The molecule has 2 aromatic carbocycles. The van der Waals surface area contributed by atoms with Gasteiger partial charge >= 0.3 is 6.18 Å². The molecule has 32 heavy (non-hydrogen) atoms. The molecule has 9 heteroatoms. The van der Waals surface area contributed by atoms with Crippen LogP contribution in [0.15, 0.2) is 36.4 Å². The lowest BCUT2D eigenvalue weighted by Crippen LogP contribution is -2.09. The number of aliphatic hydroxyl groups is 1. The van der Waals surface area contributed by atoms with Crippen LogP contribution in [-0.2, 0) is 19.2 Å². The zero-order chi connectivity index (χ0) is 23.0. The van der Waals surface area contributed by atoms with Gasteiger partial charge in [0.1, 0.15) is 11.5 Å². The highest BCUT2D eigenvalue weighted by Gasteiger charge is 2.39. The molecule has 0 bridgehead atoms. The number of ether oxygens (including phenoxy) is 1. The van der Waals surface area contributed by atoms with E-state index in [9.17, 15) is 22.0 Å². The molecular formula is C23H20F5NO2S. The Bertz CT molecular complexity index is 1090. The van der Waals surface area contributed by atoms with Crippen LogP contribution in [0.4, 0.5) is 22.0 Å². The Morgan fingerprint density at radius 2 is 1.78 bits per heavy atom. The summed E-state index contributed by atoms with van der Waals surface area (Å²) >= 11 is 0.283. The van der Waals surface area contributed by atoms with E-state index in [1.165, 1.54) is 0 Å². The highest BCUT2D eigenvalue weighted by molar-refractivity contribution is 7.06. The number of hydrogen-bond donors (Lipinski definition) is 1. The van der Waals surface area contributed by atoms with Crippen molar-refractivity contribution < 1.29 is 31.8 Å². The Hall–Kier alpha value is -2.52. The van der Waals surface area contributed by atoms with Crippen LogP contribution in [0.2, 0.25) is 0 Å². The van der Waals surface area contributed by atoms with Crippen molar-refractivity contribution in [2.24, 2.45) is 5.92 Å². The summed E-state index contributed by atoms with van der Waals surface area (Å²) < 4.78 is 78.9. The quantitative estimate of drug-likeness (QED) is 0.411. The molecule has 1 fully saturated rings. The van der Waals surface area contributed by atoms with Crippen LogP contribution in [0.3, 0.4) is 0 Å². The fourth-order valence-electron chi connectivity index (χ4n) is 3.72. The van der Waals surface area contributed by atoms with Gasteiger partial charge in [-0.1, -0.05) is 31.2 Å². The highest BCUT2D eigenvalue weighted by Crippen LogP contribution is 2.48. The van der Waals surface area contributed by atoms with E-state index in [0.717, 1.165) is 24.1 Å². The van der Waals surface area contributed by atoms with Gasteiger partial charge in [-0.15, -0.1) is 0 Å². The fourth-order valence-corrected chi connectivity index (χ4v) is 4.49. The van der Waals surface area contributed by atoms with Gasteiger partial charge in [0.15, 0.2) is 17.4 Å². The molecule has 170 valence electrons. The second kappa shape index (κ2) is 8.78. The molecule has 0 saturated heterocycles. The topological polar surface area (TPSA) is 42.4 Å². The van der Waals surface area contributed by atoms with E-state index >= 15 is 0 Å². The Morgan fingerprint density at radius 3 is 2.31 bits per heavy atom. The van der Waals surface area contributed by atoms with Gasteiger partial charge in [-0.25, -0.2) is 8.78 Å². The third kappa shape index (κ3) is 4.49. The molecule has 0 aliphatic heterocycles. The maximum absolute atomic E-state index is 14.5. The lowest BCUT2D eigenvalue weighted by molar-refractivity contribution is -0.135. The van der Waals surface area contributed by atoms with Crippen LogP contribution in [0.25, 0.3) is 11.3 Å². The summed E-state index contributed by atoms with van der Waals surface area (Å²) in [5.74, 6) is -2.88. The Kier molecular flexibility index (Phi) is 6.22. The molecule has 1 aromatic heterocycles. The molecule has 1 aliphatic carbocycles. The van der Waals surface area contributed by atoms with Gasteiger partial charge in [0.05, 0.1) is 5.69 Å². The first-order valence-corrected chi connectivity index (χ1v) is 10.9. The third-order valence-electron chi connectivity index (χ3n) is 5.65. The summed E-state index contributed by atoms with van der Waals surface area (Å²) in [7, 11) is 0. The van der Waals surface area contributed by atoms with Gasteiger partial charge in [0.25, 0.3) is 0 Å². The molecule has 1 aliphatic rings. The molecular weight excluding hydrogens is 449 g/mol. The number of alkyl halides is 3. The molecule has 0 radical (unpaired) electrons. The summed E-state index contributed by atoms with van der Waals surface area (Å²) in [5, 5.41) is 9.15. The highest BCUT2D eigenvalue weighted by atomic mass is 32.1. The van der Waals surface area contributed by atoms with E-state index in [2.05, 4.69) is 4.37 Å². The molecule has 1 N–H and O–H groups in total. The average Bonchev–Trinajstić information content (AvgIpc) is 3.42. The van der Waals surface area contributed by atoms with Crippen molar-refractivity contribution in [1.29, 1.82) is 0 Å². The van der Waals surface area contributed by atoms with Crippen LogP contribution in [-0.4, -0.2) is 16.1 Å². The number of rotatable bonds is 7. The van der Waals surface area contributed by atoms with E-state index in [0.29, 0.717) is 17.5 Å². The minimum absolute atomic E-state index is 0.0338. The lowest BCUT2D eigenvalue weighted by Gasteiger charge is -2.13. The molecule has 3 aromatic rings. The summed E-state index contributed by atoms with van der Waals surface area (Å²) in [4.78, 5) is -0.965. The number of aliphatic hydroxyl groups excluding tert-OH is 1. The molecule has 3 nitrogen and oxygen atoms in total. The lowest BCUT2D eigenvalue weighted by atomic mass is 10.0. The maximum Gasteiger partial charge on any atom is 0.427 e. The second-order valence-electron chi connectivity index (χ2n) is 7.77. The number of benzene rings is 2. The number of aromatic nitrogens is 1. The first-order chi connectivity index (χ1) is 15.2. The van der Waals surface area contributed by atoms with E-state index in [-0.39, 0.29) is 41.2 Å². The third-order valence-corrected chi connectivity index (χ3v) is 6.58. The summed E-state index contributed by atoms with van der Waals surface area (Å²) in [6, 6.07) is 9.14. The Morgan fingerprint density at radius 1 is 1.12 bits per heavy atom. The van der Waals surface area contributed by atoms with Crippen molar-refractivity contribution in [3.63, 3.8) is 0 Å². The van der Waals surface area contributed by atoms with E-state index in [1.54, 1.807) is 24.3 Å². The van der Waals surface area contributed by atoms with Gasteiger partial charge in [-0.2, -0.15) is 17.5 Å². The van der Waals surface area contributed by atoms with Crippen molar-refractivity contribution in [2.45, 2.75) is 38.5 Å². The molecule has 2 atom stereocenters. The first-order valence-electron chi connectivity index (χ1n) is 10.1. The zero-order valence-corrected chi connectivity index (χ0v) is 17.9. The van der Waals surface area contributed by atoms with Gasteiger partial charge < -0.3 is 9.84 Å². The van der Waals surface area contributed by atoms with Crippen LogP contribution in [0, 0.1) is 17.6 Å². The molecule has 0 unspecified atom stereocenters. The molecule has 1 heterocycles. The van der Waals surface area contributed by atoms with Crippen molar-refractivity contribution in [1.82, 2.24) is 4.37 Å². The predicted octanol–water partition coefficient (Wildman–Crippen LogP) is 6.34. The smallest absolute Gasteiger partial charge is 0.427 e. The number of hydrogen-bond acceptors (Lipinski definition) is 4. The fraction of sp³-hybridized carbons (Fsp3) is 0.348. The standard InChI is InChI=1S/C23H20F5NO2S/c1-2-12-3-5-13(6-4-12)20-17(22(32-29-20)23(26,27)28)11-31-21-18(24)8-14(9-19(21)25)16-7-15(16)10-30/h3-6,8-9,15-16,30H,2,7,10-11H2,1H3/t15-,16-/m0/s1. The van der Waals surface area contributed by atoms with Crippen molar-refractivity contribution in [3.05, 3.63) is 69.6 Å². The molecule has 0 amide bonds. The number of nitrogens with zero attached hydrogens (tertiary/aromatic N) is 1. The van der Waals surface area contributed by atoms with E-state index in [4.69, 9.17) is 9.84 Å². The van der Waals surface area contributed by atoms with Crippen molar-refractivity contribution in [3.8, 4) is 17.0 Å². The first kappa shape index (κ1) is 22.7. The van der Waals surface area contributed by atoms with E-state index in [1.807, 2.05) is 6.92 Å². The van der Waals surface area contributed by atoms with Crippen LogP contribution in [0.1, 0.15) is 40.8 Å². The maximum atomic E-state index is 14.5. The summed E-state index contributed by atoms with van der Waals surface area (Å²) in [6.07, 6.45) is -3.27. The largest absolute Gasteiger partial charge is 0.483 e. The van der Waals surface area contributed by atoms with Gasteiger partial charge in [0.2, 0.25) is 0 Å². The van der Waals surface area contributed by atoms with Gasteiger partial charge in [-0.05, 0) is 59.5 Å². The molecule has 4 rings (SSSR count). The molecule has 1 saturated carbocycles. The number of halogens is 5. The van der Waals surface area contributed by atoms with Crippen molar-refractivity contribution >= 4 is 11.5 Å². The Balaban J connectivity index is 1.63. The average molecular weight is 469 g/mol. The minimum atomic E-state index is -4.68. The summed E-state index contributed by atoms with van der Waals surface area (Å²) in [5.41, 5.74) is 1.69. The summed E-state index contributed by atoms with van der Waals surface area (Å²) in [6.45, 7) is 1.20. The normalized spacial score (nSPS) is 18.1. The van der Waals surface area contributed by atoms with Crippen molar-refractivity contribution in [2.75, 3.05) is 6.61 Å². The second-order valence-corrected chi connectivity index (χ2v) is 8.55. The SMILES string of the molecule is CCc1ccc(-c2nsc(C(F)(F)F)c2COc2c(F)cc([C@@H]3C[C@H]3CO)cc2F)cc1. The zero-order valence-electron chi connectivity index (χ0n) is 17.0. The Labute approximate surface area is 185 Å². The predicted molar refractivity (Wildman–Crippen MR) is 111 cm³/mol. The molecule has 0 spiro atoms. The van der Waals surface area contributed by atoms with Crippen LogP contribution >= 0.6 is 11.5 Å². The van der Waals surface area contributed by atoms with Crippen LogP contribution in [0.5, 0.6) is 5.75 Å². The minimum Gasteiger partial charge on any atom is -0.483 e. The number of aryl methyl sites for hydroxylation is 1. The monoisotopic (exact) mass is 469 g/mol. The van der Waals surface area contributed by atoms with Gasteiger partial charge in [0, 0.05) is 17.7 Å².